The minimum atomic E-state index is 0.522. The number of aromatic nitrogens is 2. The van der Waals surface area contributed by atoms with E-state index in [4.69, 9.17) is 9.15 Å². The minimum Gasteiger partial charge on any atom is -0.485 e. The van der Waals surface area contributed by atoms with E-state index >= 15 is 0 Å². The maximum atomic E-state index is 5.74. The molecule has 0 saturated heterocycles. The molecule has 1 saturated carbocycles. The van der Waals surface area contributed by atoms with E-state index in [1.807, 2.05) is 17.8 Å². The lowest BCUT2D eigenvalue weighted by Gasteiger charge is -2.01. The van der Waals surface area contributed by atoms with Gasteiger partial charge in [-0.25, -0.2) is 0 Å². The summed E-state index contributed by atoms with van der Waals surface area (Å²) in [5.74, 6) is 2.71. The van der Waals surface area contributed by atoms with Crippen LogP contribution in [0.4, 0.5) is 0 Å². The lowest BCUT2D eigenvalue weighted by atomic mass is 10.2. The second-order valence-electron chi connectivity index (χ2n) is 5.27. The number of nitrogens with zero attached hydrogens (tertiary/aromatic N) is 2. The fourth-order valence-corrected chi connectivity index (χ4v) is 2.10. The molecule has 2 aromatic rings. The number of hydrogen-bond acceptors (Lipinski definition) is 4. The first kappa shape index (κ1) is 13.2. The second kappa shape index (κ2) is 5.71. The van der Waals surface area contributed by atoms with Crippen molar-refractivity contribution < 1.29 is 9.15 Å². The van der Waals surface area contributed by atoms with Crippen LogP contribution in [0, 0.1) is 6.92 Å². The van der Waals surface area contributed by atoms with Crippen LogP contribution >= 0.6 is 0 Å². The van der Waals surface area contributed by atoms with E-state index in [9.17, 15) is 0 Å². The van der Waals surface area contributed by atoms with Gasteiger partial charge < -0.3 is 14.5 Å². The molecule has 108 valence electrons. The SMILES string of the molecule is CCn1cc(OCc2cc(CNC3CC3)oc2C)cn1. The number of nitrogens with one attached hydrogen (secondary N) is 1. The molecule has 20 heavy (non-hydrogen) atoms. The van der Waals surface area contributed by atoms with Crippen LogP contribution in [-0.4, -0.2) is 15.8 Å². The monoisotopic (exact) mass is 275 g/mol. The zero-order chi connectivity index (χ0) is 13.9. The lowest BCUT2D eigenvalue weighted by Crippen LogP contribution is -2.14. The highest BCUT2D eigenvalue weighted by Gasteiger charge is 2.20. The Hall–Kier alpha value is -1.75. The van der Waals surface area contributed by atoms with E-state index in [2.05, 4.69) is 23.4 Å². The molecule has 5 nitrogen and oxygen atoms in total. The van der Waals surface area contributed by atoms with Crippen molar-refractivity contribution in [2.24, 2.45) is 0 Å². The van der Waals surface area contributed by atoms with Crippen LogP contribution in [0.25, 0.3) is 0 Å². The van der Waals surface area contributed by atoms with Crippen molar-refractivity contribution in [3.8, 4) is 5.75 Å². The number of aryl methyl sites for hydroxylation is 2. The van der Waals surface area contributed by atoms with Crippen LogP contribution in [0.15, 0.2) is 22.9 Å². The van der Waals surface area contributed by atoms with Crippen LogP contribution < -0.4 is 10.1 Å². The van der Waals surface area contributed by atoms with Crippen molar-refractivity contribution in [1.82, 2.24) is 15.1 Å². The topological polar surface area (TPSA) is 52.2 Å². The van der Waals surface area contributed by atoms with Crippen molar-refractivity contribution in [2.45, 2.75) is 52.4 Å². The highest BCUT2D eigenvalue weighted by Crippen LogP contribution is 2.21. The third kappa shape index (κ3) is 3.22. The normalized spacial score (nSPS) is 14.7. The molecule has 5 heteroatoms. The maximum absolute atomic E-state index is 5.74. The molecule has 2 aromatic heterocycles. The quantitative estimate of drug-likeness (QED) is 0.844. The van der Waals surface area contributed by atoms with E-state index in [1.165, 1.54) is 12.8 Å². The van der Waals surface area contributed by atoms with Crippen molar-refractivity contribution >= 4 is 0 Å². The molecule has 3 rings (SSSR count). The predicted octanol–water partition coefficient (Wildman–Crippen LogP) is 2.64. The first-order valence-corrected chi connectivity index (χ1v) is 7.21. The maximum Gasteiger partial charge on any atom is 0.157 e. The van der Waals surface area contributed by atoms with Gasteiger partial charge >= 0.3 is 0 Å². The Labute approximate surface area is 118 Å². The molecule has 0 atom stereocenters. The third-order valence-electron chi connectivity index (χ3n) is 3.54. The van der Waals surface area contributed by atoms with Gasteiger partial charge in [-0.15, -0.1) is 0 Å². The molecule has 0 aliphatic heterocycles. The molecule has 1 aliphatic carbocycles. The molecule has 0 aromatic carbocycles. The average Bonchev–Trinajstić information content (AvgIpc) is 3.05. The summed E-state index contributed by atoms with van der Waals surface area (Å²) in [6, 6.07) is 2.77. The molecule has 1 aliphatic rings. The highest BCUT2D eigenvalue weighted by molar-refractivity contribution is 5.21. The summed E-state index contributed by atoms with van der Waals surface area (Å²) in [7, 11) is 0. The van der Waals surface area contributed by atoms with Crippen molar-refractivity contribution in [2.75, 3.05) is 0 Å². The molecular weight excluding hydrogens is 254 g/mol. The van der Waals surface area contributed by atoms with Crippen LogP contribution in [0.5, 0.6) is 5.75 Å². The fraction of sp³-hybridized carbons (Fsp3) is 0.533. The summed E-state index contributed by atoms with van der Waals surface area (Å²) >= 11 is 0. The molecule has 0 spiro atoms. The van der Waals surface area contributed by atoms with Gasteiger partial charge in [0, 0.05) is 18.2 Å². The van der Waals surface area contributed by atoms with E-state index < -0.39 is 0 Å². The lowest BCUT2D eigenvalue weighted by molar-refractivity contribution is 0.302. The van der Waals surface area contributed by atoms with E-state index in [0.29, 0.717) is 12.6 Å². The molecular formula is C15H21N3O2. The predicted molar refractivity (Wildman–Crippen MR) is 75.5 cm³/mol. The zero-order valence-corrected chi connectivity index (χ0v) is 12.1. The Morgan fingerprint density at radius 3 is 3.05 bits per heavy atom. The van der Waals surface area contributed by atoms with Crippen LogP contribution in [0.2, 0.25) is 0 Å². The van der Waals surface area contributed by atoms with Gasteiger partial charge in [0.25, 0.3) is 0 Å². The smallest absolute Gasteiger partial charge is 0.157 e. The van der Waals surface area contributed by atoms with Crippen molar-refractivity contribution in [3.63, 3.8) is 0 Å². The number of rotatable bonds is 7. The van der Waals surface area contributed by atoms with Gasteiger partial charge in [0.15, 0.2) is 5.75 Å². The average molecular weight is 275 g/mol. The molecule has 0 bridgehead atoms. The molecule has 0 amide bonds. The second-order valence-corrected chi connectivity index (χ2v) is 5.27. The van der Waals surface area contributed by atoms with Gasteiger partial charge in [-0.2, -0.15) is 5.10 Å². The molecule has 1 N–H and O–H groups in total. The summed E-state index contributed by atoms with van der Waals surface area (Å²) in [6.45, 7) is 6.21. The van der Waals surface area contributed by atoms with Gasteiger partial charge in [0.2, 0.25) is 0 Å². The van der Waals surface area contributed by atoms with Gasteiger partial charge in [-0.3, -0.25) is 4.68 Å². The first-order chi connectivity index (χ1) is 9.74. The van der Waals surface area contributed by atoms with E-state index in [0.717, 1.165) is 35.9 Å². The largest absolute Gasteiger partial charge is 0.485 e. The van der Waals surface area contributed by atoms with Crippen LogP contribution in [0.1, 0.15) is 36.8 Å². The molecule has 1 fully saturated rings. The van der Waals surface area contributed by atoms with Crippen molar-refractivity contribution in [1.29, 1.82) is 0 Å². The fourth-order valence-electron chi connectivity index (χ4n) is 2.10. The van der Waals surface area contributed by atoms with Gasteiger partial charge in [-0.05, 0) is 32.8 Å². The Balaban J connectivity index is 1.55. The Morgan fingerprint density at radius 1 is 1.50 bits per heavy atom. The molecule has 2 heterocycles. The highest BCUT2D eigenvalue weighted by atomic mass is 16.5. The van der Waals surface area contributed by atoms with Crippen LogP contribution in [-0.2, 0) is 19.7 Å². The summed E-state index contributed by atoms with van der Waals surface area (Å²) < 4.78 is 13.3. The number of furan rings is 1. The van der Waals surface area contributed by atoms with Crippen LogP contribution in [0.3, 0.4) is 0 Å². The summed E-state index contributed by atoms with van der Waals surface area (Å²) in [5.41, 5.74) is 1.10. The molecule has 0 radical (unpaired) electrons. The number of hydrogen-bond donors (Lipinski definition) is 1. The number of ether oxygens (including phenoxy) is 1. The van der Waals surface area contributed by atoms with E-state index in [1.54, 1.807) is 6.20 Å². The van der Waals surface area contributed by atoms with Gasteiger partial charge in [0.1, 0.15) is 18.1 Å². The standard InChI is InChI=1S/C15H21N3O2/c1-3-18-9-15(8-17-18)19-10-12-6-14(20-11(12)2)7-16-13-4-5-13/h6,8-9,13,16H,3-5,7,10H2,1-2H3. The minimum absolute atomic E-state index is 0.522. The summed E-state index contributed by atoms with van der Waals surface area (Å²) in [5, 5.41) is 7.64. The van der Waals surface area contributed by atoms with Crippen molar-refractivity contribution in [3.05, 3.63) is 35.5 Å². The molecule has 0 unspecified atom stereocenters. The van der Waals surface area contributed by atoms with Gasteiger partial charge in [-0.1, -0.05) is 0 Å². The van der Waals surface area contributed by atoms with E-state index in [-0.39, 0.29) is 0 Å². The third-order valence-corrected chi connectivity index (χ3v) is 3.54. The Bertz CT molecular complexity index is 569. The Kier molecular flexibility index (Phi) is 3.78. The van der Waals surface area contributed by atoms with Gasteiger partial charge in [0.05, 0.1) is 18.9 Å². The summed E-state index contributed by atoms with van der Waals surface area (Å²) in [6.07, 6.45) is 6.23. The Morgan fingerprint density at radius 2 is 2.35 bits per heavy atom. The zero-order valence-electron chi connectivity index (χ0n) is 12.1. The first-order valence-electron chi connectivity index (χ1n) is 7.21. The summed E-state index contributed by atoms with van der Waals surface area (Å²) in [4.78, 5) is 0.